The molecule has 0 unspecified atom stereocenters. The monoisotopic (exact) mass is 453 g/mol. The number of unbranched alkanes of at least 4 members (excludes halogenated alkanes) is 6. The van der Waals surface area contributed by atoms with Gasteiger partial charge in [0, 0.05) is 11.5 Å². The first-order valence-electron chi connectivity index (χ1n) is 11.9. The summed E-state index contributed by atoms with van der Waals surface area (Å²) in [5, 5.41) is 8.83. The molecule has 1 heterocycles. The predicted octanol–water partition coefficient (Wildman–Crippen LogP) is 6.72. The van der Waals surface area contributed by atoms with Gasteiger partial charge < -0.3 is 14.2 Å². The van der Waals surface area contributed by atoms with Crippen molar-refractivity contribution >= 4 is 5.97 Å². The number of esters is 1. The second-order valence-corrected chi connectivity index (χ2v) is 8.54. The van der Waals surface area contributed by atoms with Crippen LogP contribution in [-0.2, 0) is 9.47 Å². The third kappa shape index (κ3) is 7.66. The molecule has 0 saturated carbocycles. The molecule has 6 heteroatoms. The summed E-state index contributed by atoms with van der Waals surface area (Å²) in [6.45, 7) is 3.31. The van der Waals surface area contributed by atoms with E-state index >= 15 is 0 Å². The van der Waals surface area contributed by atoms with E-state index in [1.807, 2.05) is 6.07 Å². The molecule has 1 fully saturated rings. The van der Waals surface area contributed by atoms with Crippen molar-refractivity contribution in [2.75, 3.05) is 13.2 Å². The minimum Gasteiger partial charge on any atom is -0.423 e. The van der Waals surface area contributed by atoms with Crippen molar-refractivity contribution in [3.63, 3.8) is 0 Å². The summed E-state index contributed by atoms with van der Waals surface area (Å²) in [7, 11) is 0. The average Bonchev–Trinajstić information content (AvgIpc) is 2.84. The first-order valence-corrected chi connectivity index (χ1v) is 11.9. The lowest BCUT2D eigenvalue weighted by Crippen LogP contribution is -2.27. The first-order chi connectivity index (χ1) is 16.1. The fourth-order valence-corrected chi connectivity index (χ4v) is 3.89. The van der Waals surface area contributed by atoms with E-state index in [0.717, 1.165) is 12.5 Å². The lowest BCUT2D eigenvalue weighted by atomic mass is 10.0. The fourth-order valence-electron chi connectivity index (χ4n) is 3.89. The van der Waals surface area contributed by atoms with E-state index in [9.17, 15) is 9.18 Å². The third-order valence-electron chi connectivity index (χ3n) is 5.87. The molecule has 0 bridgehead atoms. The highest BCUT2D eigenvalue weighted by atomic mass is 19.1. The maximum absolute atomic E-state index is 14.7. The van der Waals surface area contributed by atoms with Gasteiger partial charge in [-0.25, -0.2) is 9.18 Å². The second-order valence-electron chi connectivity index (χ2n) is 8.54. The van der Waals surface area contributed by atoms with Gasteiger partial charge in [0.2, 0.25) is 0 Å². The number of rotatable bonds is 11. The molecule has 5 nitrogen and oxygen atoms in total. The summed E-state index contributed by atoms with van der Waals surface area (Å²) in [6, 6.07) is 12.3. The Kier molecular flexibility index (Phi) is 9.86. The van der Waals surface area contributed by atoms with E-state index < -0.39 is 18.1 Å². The van der Waals surface area contributed by atoms with Crippen molar-refractivity contribution in [3.05, 3.63) is 65.0 Å². The summed E-state index contributed by atoms with van der Waals surface area (Å²) >= 11 is 0. The molecule has 1 saturated heterocycles. The average molecular weight is 454 g/mol. The number of hydrogen-bond acceptors (Lipinski definition) is 5. The lowest BCUT2D eigenvalue weighted by Gasteiger charge is -2.30. The topological polar surface area (TPSA) is 68.5 Å². The van der Waals surface area contributed by atoms with Crippen LogP contribution in [0.5, 0.6) is 5.75 Å². The Morgan fingerprint density at radius 1 is 1.03 bits per heavy atom. The Labute approximate surface area is 195 Å². The second kappa shape index (κ2) is 13.1. The van der Waals surface area contributed by atoms with E-state index in [4.69, 9.17) is 19.5 Å². The number of nitriles is 1. The Hall–Kier alpha value is -2.75. The number of ether oxygens (including phenoxy) is 3. The molecule has 0 radical (unpaired) electrons. The zero-order chi connectivity index (χ0) is 23.5. The number of hydrogen-bond donors (Lipinski definition) is 0. The molecular formula is C27H32FNO4. The van der Waals surface area contributed by atoms with Gasteiger partial charge in [-0.2, -0.15) is 5.26 Å². The molecule has 33 heavy (non-hydrogen) atoms. The molecule has 1 aliphatic rings. The van der Waals surface area contributed by atoms with Crippen LogP contribution in [0.2, 0.25) is 0 Å². The summed E-state index contributed by atoms with van der Waals surface area (Å²) in [5.41, 5.74) is 0.829. The third-order valence-corrected chi connectivity index (χ3v) is 5.87. The van der Waals surface area contributed by atoms with E-state index in [1.165, 1.54) is 69.2 Å². The lowest BCUT2D eigenvalue weighted by molar-refractivity contribution is -0.207. The van der Waals surface area contributed by atoms with Gasteiger partial charge in [0.25, 0.3) is 0 Å². The molecule has 0 amide bonds. The minimum absolute atomic E-state index is 0.0910. The van der Waals surface area contributed by atoms with Crippen LogP contribution in [-0.4, -0.2) is 19.2 Å². The van der Waals surface area contributed by atoms with Gasteiger partial charge in [-0.1, -0.05) is 57.9 Å². The number of halogens is 1. The van der Waals surface area contributed by atoms with Crippen LogP contribution in [0.15, 0.2) is 42.5 Å². The number of carbonyl (C=O) groups is 1. The van der Waals surface area contributed by atoms with Gasteiger partial charge in [0.1, 0.15) is 11.6 Å². The van der Waals surface area contributed by atoms with Crippen LogP contribution in [0, 0.1) is 23.1 Å². The molecule has 2 aromatic rings. The number of carbonyl (C=O) groups excluding carboxylic acids is 1. The van der Waals surface area contributed by atoms with Gasteiger partial charge in [0.15, 0.2) is 6.29 Å². The molecule has 176 valence electrons. The molecule has 0 spiro atoms. The van der Waals surface area contributed by atoms with Crippen LogP contribution in [0.25, 0.3) is 0 Å². The molecule has 0 atom stereocenters. The summed E-state index contributed by atoms with van der Waals surface area (Å²) in [6.07, 6.45) is 9.20. The highest BCUT2D eigenvalue weighted by Gasteiger charge is 2.26. The Morgan fingerprint density at radius 2 is 1.70 bits per heavy atom. The molecule has 0 aliphatic carbocycles. The van der Waals surface area contributed by atoms with Gasteiger partial charge >= 0.3 is 5.97 Å². The first kappa shape index (κ1) is 24.9. The van der Waals surface area contributed by atoms with Crippen molar-refractivity contribution in [1.82, 2.24) is 0 Å². The van der Waals surface area contributed by atoms with Crippen LogP contribution in [0.1, 0.15) is 86.1 Å². The summed E-state index contributed by atoms with van der Waals surface area (Å²) in [5.74, 6) is -0.624. The van der Waals surface area contributed by atoms with Gasteiger partial charge in [-0.15, -0.1) is 0 Å². The molecular weight excluding hydrogens is 421 g/mol. The van der Waals surface area contributed by atoms with Crippen molar-refractivity contribution in [1.29, 1.82) is 5.26 Å². The van der Waals surface area contributed by atoms with Crippen molar-refractivity contribution < 1.29 is 23.4 Å². The number of nitrogens with zero attached hydrogens (tertiary/aromatic N) is 1. The molecule has 3 rings (SSSR count). The van der Waals surface area contributed by atoms with Crippen molar-refractivity contribution in [2.24, 2.45) is 5.92 Å². The van der Waals surface area contributed by atoms with E-state index in [0.29, 0.717) is 24.7 Å². The van der Waals surface area contributed by atoms with E-state index in [-0.39, 0.29) is 16.9 Å². The minimum atomic E-state index is -0.765. The van der Waals surface area contributed by atoms with Gasteiger partial charge in [-0.3, -0.25) is 0 Å². The largest absolute Gasteiger partial charge is 0.423 e. The van der Waals surface area contributed by atoms with Gasteiger partial charge in [0.05, 0.1) is 30.4 Å². The highest BCUT2D eigenvalue weighted by molar-refractivity contribution is 5.91. The van der Waals surface area contributed by atoms with E-state index in [2.05, 4.69) is 6.92 Å². The Balaban J connectivity index is 1.44. The molecule has 0 N–H and O–H groups in total. The smallest absolute Gasteiger partial charge is 0.343 e. The fraction of sp³-hybridized carbons (Fsp3) is 0.481. The molecule has 0 aromatic heterocycles. The normalized spacial score (nSPS) is 18.0. The molecule has 2 aromatic carbocycles. The van der Waals surface area contributed by atoms with Crippen molar-refractivity contribution in [3.8, 4) is 11.8 Å². The highest BCUT2D eigenvalue weighted by Crippen LogP contribution is 2.29. The standard InChI is InChI=1S/C27H32FNO4/c1-2-3-4-5-6-7-8-9-21-18-31-27(32-19-21)24-15-12-22(16-25(24)28)26(30)33-23-13-10-20(17-29)11-14-23/h10-16,21,27H,2-9,18-19H2,1H3. The Bertz CT molecular complexity index is 930. The SMILES string of the molecule is CCCCCCCCCC1COC(c2ccc(C(=O)Oc3ccc(C#N)cc3)cc2F)OC1. The van der Waals surface area contributed by atoms with Crippen LogP contribution >= 0.6 is 0 Å². The maximum Gasteiger partial charge on any atom is 0.343 e. The zero-order valence-corrected chi connectivity index (χ0v) is 19.2. The van der Waals surface area contributed by atoms with E-state index in [1.54, 1.807) is 12.1 Å². The number of benzene rings is 2. The van der Waals surface area contributed by atoms with Crippen LogP contribution < -0.4 is 4.74 Å². The van der Waals surface area contributed by atoms with Crippen LogP contribution in [0.3, 0.4) is 0 Å². The quantitative estimate of drug-likeness (QED) is 0.215. The Morgan fingerprint density at radius 3 is 2.33 bits per heavy atom. The maximum atomic E-state index is 14.7. The summed E-state index contributed by atoms with van der Waals surface area (Å²) in [4.78, 5) is 12.3. The zero-order valence-electron chi connectivity index (χ0n) is 19.2. The van der Waals surface area contributed by atoms with Crippen molar-refractivity contribution in [2.45, 2.75) is 64.6 Å². The van der Waals surface area contributed by atoms with Gasteiger partial charge in [-0.05, 0) is 42.8 Å². The molecule has 1 aliphatic heterocycles. The van der Waals surface area contributed by atoms with Crippen LogP contribution in [0.4, 0.5) is 4.39 Å². The predicted molar refractivity (Wildman–Crippen MR) is 123 cm³/mol. The summed E-state index contributed by atoms with van der Waals surface area (Å²) < 4.78 is 31.5.